The number of benzene rings is 1. The molecule has 1 aromatic rings. The van der Waals surface area contributed by atoms with Crippen molar-refractivity contribution < 1.29 is 9.53 Å². The predicted octanol–water partition coefficient (Wildman–Crippen LogP) is 2.31. The largest absolute Gasteiger partial charge is 0.369 e. The molecule has 0 aliphatic heterocycles. The minimum atomic E-state index is -0.836. The van der Waals surface area contributed by atoms with Gasteiger partial charge in [0.1, 0.15) is 5.60 Å². The van der Waals surface area contributed by atoms with Crippen molar-refractivity contribution in [2.24, 2.45) is 5.73 Å². The highest BCUT2D eigenvalue weighted by molar-refractivity contribution is 5.99. The molecule has 1 aromatic carbocycles. The zero-order chi connectivity index (χ0) is 14.6. The van der Waals surface area contributed by atoms with Crippen molar-refractivity contribution in [2.75, 3.05) is 12.0 Å². The lowest BCUT2D eigenvalue weighted by molar-refractivity contribution is -0.137. The summed E-state index contributed by atoms with van der Waals surface area (Å²) in [6.45, 7) is 8.03. The molecule has 0 aliphatic rings. The summed E-state index contributed by atoms with van der Waals surface area (Å²) >= 11 is 0. The van der Waals surface area contributed by atoms with Gasteiger partial charge in [0.25, 0.3) is 5.91 Å². The molecule has 0 aliphatic carbocycles. The lowest BCUT2D eigenvalue weighted by atomic mass is 10.1. The summed E-state index contributed by atoms with van der Waals surface area (Å²) in [5, 5.41) is 0. The molecule has 1 rings (SSSR count). The van der Waals surface area contributed by atoms with Gasteiger partial charge >= 0.3 is 0 Å². The van der Waals surface area contributed by atoms with Crippen molar-refractivity contribution >= 4 is 11.6 Å². The molecule has 106 valence electrons. The minimum Gasteiger partial charge on any atom is -0.369 e. The van der Waals surface area contributed by atoms with Crippen molar-refractivity contribution in [2.45, 2.75) is 45.9 Å². The van der Waals surface area contributed by atoms with Gasteiger partial charge in [-0.15, -0.1) is 0 Å². The van der Waals surface area contributed by atoms with E-state index in [0.717, 1.165) is 11.3 Å². The first-order valence-electron chi connectivity index (χ1n) is 6.51. The Morgan fingerprint density at radius 1 is 1.32 bits per heavy atom. The Labute approximate surface area is 115 Å². The Hall–Kier alpha value is -1.39. The molecule has 0 spiro atoms. The van der Waals surface area contributed by atoms with E-state index in [9.17, 15) is 4.79 Å². The highest BCUT2D eigenvalue weighted by Gasteiger charge is 2.33. The monoisotopic (exact) mass is 264 g/mol. The molecular weight excluding hydrogens is 240 g/mol. The van der Waals surface area contributed by atoms with Gasteiger partial charge in [0, 0.05) is 25.4 Å². The maximum Gasteiger partial charge on any atom is 0.258 e. The van der Waals surface area contributed by atoms with Crippen LogP contribution in [-0.4, -0.2) is 24.7 Å². The molecule has 1 amide bonds. The van der Waals surface area contributed by atoms with Crippen molar-refractivity contribution in [3.8, 4) is 0 Å². The molecule has 0 fully saturated rings. The van der Waals surface area contributed by atoms with Crippen molar-refractivity contribution in [3.05, 3.63) is 29.8 Å². The van der Waals surface area contributed by atoms with Gasteiger partial charge in [-0.05, 0) is 45.4 Å². The van der Waals surface area contributed by atoms with E-state index >= 15 is 0 Å². The van der Waals surface area contributed by atoms with Crippen LogP contribution in [0, 0.1) is 0 Å². The van der Waals surface area contributed by atoms with Crippen LogP contribution in [0.2, 0.25) is 0 Å². The van der Waals surface area contributed by atoms with Gasteiger partial charge in [-0.2, -0.15) is 0 Å². The molecule has 0 saturated heterocycles. The summed E-state index contributed by atoms with van der Waals surface area (Å²) in [6.07, 6.45) is 0. The predicted molar refractivity (Wildman–Crippen MR) is 78.0 cm³/mol. The summed E-state index contributed by atoms with van der Waals surface area (Å²) in [5.74, 6) is -0.0505. The molecule has 0 heterocycles. The molecule has 4 heteroatoms. The zero-order valence-corrected chi connectivity index (χ0v) is 12.4. The number of nitrogens with zero attached hydrogens (tertiary/aromatic N) is 1. The van der Waals surface area contributed by atoms with Crippen LogP contribution in [0.1, 0.15) is 33.3 Å². The van der Waals surface area contributed by atoms with E-state index in [-0.39, 0.29) is 11.9 Å². The third kappa shape index (κ3) is 3.55. The number of ether oxygens (including phenoxy) is 1. The lowest BCUT2D eigenvalue weighted by Crippen LogP contribution is -2.49. The van der Waals surface area contributed by atoms with Gasteiger partial charge < -0.3 is 15.4 Å². The Bertz CT molecular complexity index is 424. The second-order valence-electron chi connectivity index (χ2n) is 5.35. The van der Waals surface area contributed by atoms with E-state index < -0.39 is 5.60 Å². The van der Waals surface area contributed by atoms with E-state index in [1.54, 1.807) is 25.9 Å². The average molecular weight is 264 g/mol. The summed E-state index contributed by atoms with van der Waals surface area (Å²) in [6, 6.07) is 7.79. The van der Waals surface area contributed by atoms with Crippen LogP contribution in [0.3, 0.4) is 0 Å². The van der Waals surface area contributed by atoms with Crippen LogP contribution in [0.5, 0.6) is 0 Å². The van der Waals surface area contributed by atoms with Crippen LogP contribution < -0.4 is 10.6 Å². The van der Waals surface area contributed by atoms with Crippen LogP contribution >= 0.6 is 0 Å². The topological polar surface area (TPSA) is 55.6 Å². The number of methoxy groups -OCH3 is 1. The first-order valence-corrected chi connectivity index (χ1v) is 6.51. The standard InChI is InChI=1S/C15H24N2O2/c1-11(2)17(14(18)15(3,4)19-5)13-8-6-12(10-16)7-9-13/h6-9,11H,10,16H2,1-5H3. The van der Waals surface area contributed by atoms with Gasteiger partial charge in [0.15, 0.2) is 0 Å². The maximum atomic E-state index is 12.6. The van der Waals surface area contributed by atoms with E-state index in [0.29, 0.717) is 6.54 Å². The molecule has 4 nitrogen and oxygen atoms in total. The molecule has 0 unspecified atom stereocenters. The highest BCUT2D eigenvalue weighted by Crippen LogP contribution is 2.23. The van der Waals surface area contributed by atoms with E-state index in [1.165, 1.54) is 0 Å². The number of anilines is 1. The van der Waals surface area contributed by atoms with E-state index in [4.69, 9.17) is 10.5 Å². The number of rotatable bonds is 5. The average Bonchev–Trinajstić information content (AvgIpc) is 2.39. The summed E-state index contributed by atoms with van der Waals surface area (Å²) in [4.78, 5) is 14.3. The zero-order valence-electron chi connectivity index (χ0n) is 12.4. The third-order valence-corrected chi connectivity index (χ3v) is 3.21. The minimum absolute atomic E-state index is 0.0505. The summed E-state index contributed by atoms with van der Waals surface area (Å²) in [7, 11) is 1.55. The quantitative estimate of drug-likeness (QED) is 0.888. The molecule has 0 atom stereocenters. The highest BCUT2D eigenvalue weighted by atomic mass is 16.5. The number of hydrogen-bond donors (Lipinski definition) is 1. The van der Waals surface area contributed by atoms with Crippen molar-refractivity contribution in [1.82, 2.24) is 0 Å². The second-order valence-corrected chi connectivity index (χ2v) is 5.35. The van der Waals surface area contributed by atoms with Gasteiger partial charge in [0.05, 0.1) is 0 Å². The van der Waals surface area contributed by atoms with Crippen molar-refractivity contribution in [3.63, 3.8) is 0 Å². The SMILES string of the molecule is COC(C)(C)C(=O)N(c1ccc(CN)cc1)C(C)C. The normalized spacial score (nSPS) is 11.7. The maximum absolute atomic E-state index is 12.6. The molecule has 0 radical (unpaired) electrons. The van der Waals surface area contributed by atoms with Crippen LogP contribution in [0.25, 0.3) is 0 Å². The summed E-state index contributed by atoms with van der Waals surface area (Å²) in [5.41, 5.74) is 6.66. The molecular formula is C15H24N2O2. The Balaban J connectivity index is 3.10. The van der Waals surface area contributed by atoms with Gasteiger partial charge in [0.2, 0.25) is 0 Å². The Morgan fingerprint density at radius 3 is 2.21 bits per heavy atom. The fourth-order valence-electron chi connectivity index (χ4n) is 1.82. The molecule has 0 aromatic heterocycles. The van der Waals surface area contributed by atoms with E-state index in [2.05, 4.69) is 0 Å². The van der Waals surface area contributed by atoms with Crippen LogP contribution in [-0.2, 0) is 16.1 Å². The smallest absolute Gasteiger partial charge is 0.258 e. The number of nitrogens with two attached hydrogens (primary N) is 1. The number of carbonyl (C=O) groups excluding carboxylic acids is 1. The first-order chi connectivity index (χ1) is 8.83. The fraction of sp³-hybridized carbons (Fsp3) is 0.533. The molecule has 0 bridgehead atoms. The van der Waals surface area contributed by atoms with Crippen molar-refractivity contribution in [1.29, 1.82) is 0 Å². The summed E-state index contributed by atoms with van der Waals surface area (Å²) < 4.78 is 5.29. The number of carbonyl (C=O) groups is 1. The fourth-order valence-corrected chi connectivity index (χ4v) is 1.82. The van der Waals surface area contributed by atoms with Gasteiger partial charge in [-0.3, -0.25) is 4.79 Å². The second kappa shape index (κ2) is 6.17. The van der Waals surface area contributed by atoms with Crippen LogP contribution in [0.4, 0.5) is 5.69 Å². The van der Waals surface area contributed by atoms with Gasteiger partial charge in [-0.25, -0.2) is 0 Å². The van der Waals surface area contributed by atoms with Crippen LogP contribution in [0.15, 0.2) is 24.3 Å². The number of amides is 1. The van der Waals surface area contributed by atoms with Gasteiger partial charge in [-0.1, -0.05) is 12.1 Å². The lowest BCUT2D eigenvalue weighted by Gasteiger charge is -2.34. The molecule has 19 heavy (non-hydrogen) atoms. The number of hydrogen-bond acceptors (Lipinski definition) is 3. The Morgan fingerprint density at radius 2 is 1.84 bits per heavy atom. The molecule has 0 saturated carbocycles. The first kappa shape index (κ1) is 15.7. The Kier molecular flexibility index (Phi) is 5.09. The molecule has 2 N–H and O–H groups in total. The third-order valence-electron chi connectivity index (χ3n) is 3.21. The van der Waals surface area contributed by atoms with E-state index in [1.807, 2.05) is 38.1 Å².